The van der Waals surface area contributed by atoms with E-state index >= 15 is 22.0 Å². The van der Waals surface area contributed by atoms with Crippen LogP contribution in [0, 0.1) is 0 Å². The van der Waals surface area contributed by atoms with Crippen molar-refractivity contribution in [3.63, 3.8) is 0 Å². The zero-order chi connectivity index (χ0) is 92.0. The largest absolute Gasteiger partial charge is 0.472 e. The van der Waals surface area contributed by atoms with Gasteiger partial charge in [-0.05, 0) is 11.8 Å². The molecule has 12 aromatic rings. The van der Waals surface area contributed by atoms with Crippen molar-refractivity contribution in [2.24, 2.45) is 0 Å². The number of phosphoric ester groups is 4. The molecule has 58 nitrogen and oxygen atoms in total. The van der Waals surface area contributed by atoms with Gasteiger partial charge >= 0.3 is 44.8 Å². The van der Waals surface area contributed by atoms with Crippen LogP contribution in [0.5, 0.6) is 0 Å². The second-order valence-corrected chi connectivity index (χ2v) is 40.7. The van der Waals surface area contributed by atoms with E-state index in [-0.39, 0.29) is 85.2 Å². The Balaban J connectivity index is 0.000000127. The lowest BCUT2D eigenvalue weighted by atomic mass is 10.1. The van der Waals surface area contributed by atoms with Gasteiger partial charge in [-0.1, -0.05) is 12.2 Å². The molecular formula is C60H64F5N27O31P6S2. The molecule has 0 radical (unpaired) electrons. The first-order valence-electron chi connectivity index (χ1n) is 37.9. The van der Waals surface area contributed by atoms with Crippen molar-refractivity contribution in [3.8, 4) is 0 Å². The lowest BCUT2D eigenvalue weighted by Gasteiger charge is -2.29. The Hall–Kier alpha value is -9.02. The maximum absolute atomic E-state index is 15.9. The fraction of sp³-hybridized carbons (Fsp3) is 0.500. The number of nitrogens with one attached hydrogen (secondary N) is 3. The Bertz CT molecular complexity index is 6650. The number of phosphoric acid groups is 4. The number of imidazole rings is 6. The van der Waals surface area contributed by atoms with Crippen LogP contribution in [0.2, 0.25) is 0 Å². The predicted octanol–water partition coefficient (Wildman–Crippen LogP) is 1.20. The third-order valence-corrected chi connectivity index (χ3v) is 28.5. The first kappa shape index (κ1) is 91.1. The molecule has 0 aliphatic carbocycles. The van der Waals surface area contributed by atoms with Crippen LogP contribution in [-0.4, -0.2) is 285 Å². The van der Waals surface area contributed by atoms with E-state index in [0.717, 1.165) is 75.2 Å². The lowest BCUT2D eigenvalue weighted by Crippen LogP contribution is -2.37. The number of hydrogen-bond donors (Lipinski definition) is 12. The Morgan fingerprint density at radius 2 is 0.618 bits per heavy atom. The first-order valence-corrected chi connectivity index (χ1v) is 49.2. The molecule has 9 aliphatic rings. The van der Waals surface area contributed by atoms with Gasteiger partial charge in [0.1, 0.15) is 115 Å². The van der Waals surface area contributed by atoms with Gasteiger partial charge in [0.2, 0.25) is 0 Å². The Kier molecular flexibility index (Phi) is 24.4. The number of aromatic nitrogens is 24. The quantitative estimate of drug-likeness (QED) is 0.0632. The molecule has 12 aromatic heterocycles. The van der Waals surface area contributed by atoms with Crippen molar-refractivity contribution < 1.29 is 152 Å². The Labute approximate surface area is 730 Å². The van der Waals surface area contributed by atoms with Crippen LogP contribution in [0.3, 0.4) is 0 Å². The number of alkyl halides is 5. The number of halogens is 5. The molecule has 18 unspecified atom stereocenters. The number of ether oxygens (including phenoxy) is 6. The van der Waals surface area contributed by atoms with E-state index in [9.17, 15) is 61.7 Å². The molecule has 9 aliphatic heterocycles. The number of fused-ring (bicyclic) bond motifs is 12. The number of H-pyrrole nitrogens is 3. The first-order chi connectivity index (χ1) is 62.3. The fourth-order valence-electron chi connectivity index (χ4n) is 15.5. The summed E-state index contributed by atoms with van der Waals surface area (Å²) in [6.45, 7) is -13.3. The zero-order valence-corrected chi connectivity index (χ0v) is 72.1. The number of nitrogens with two attached hydrogens (primary N) is 3. The van der Waals surface area contributed by atoms with E-state index in [1.54, 1.807) is 0 Å². The van der Waals surface area contributed by atoms with Crippen LogP contribution in [0.4, 0.5) is 39.4 Å². The second kappa shape index (κ2) is 35.0. The molecular weight excluding hydrogens is 1940 g/mol. The number of nitrogen functional groups attached to an aromatic ring is 3. The molecule has 9 fully saturated rings. The summed E-state index contributed by atoms with van der Waals surface area (Å²) in [5.74, 6) is 0.158. The van der Waals surface area contributed by atoms with Gasteiger partial charge in [0, 0.05) is 6.42 Å². The van der Waals surface area contributed by atoms with Crippen molar-refractivity contribution in [1.29, 1.82) is 0 Å². The van der Waals surface area contributed by atoms with Crippen molar-refractivity contribution in [1.82, 2.24) is 117 Å². The average molecular weight is 2000 g/mol. The highest BCUT2D eigenvalue weighted by Gasteiger charge is 2.59. The molecule has 0 spiro atoms. The summed E-state index contributed by atoms with van der Waals surface area (Å²) in [5.41, 5.74) is 16.3. The lowest BCUT2D eigenvalue weighted by molar-refractivity contribution is -0.0663. The maximum Gasteiger partial charge on any atom is 0.472 e. The van der Waals surface area contributed by atoms with Gasteiger partial charge in [0.05, 0.1) is 96.6 Å². The fourth-order valence-corrected chi connectivity index (χ4v) is 22.2. The summed E-state index contributed by atoms with van der Waals surface area (Å²) in [7, 11) is -20.2. The highest BCUT2D eigenvalue weighted by Crippen LogP contribution is 2.61. The van der Waals surface area contributed by atoms with Gasteiger partial charge in [-0.3, -0.25) is 91.5 Å². The van der Waals surface area contributed by atoms with Crippen LogP contribution in [0.25, 0.3) is 67.0 Å². The average Bonchev–Trinajstić information content (AvgIpc) is 1.63. The van der Waals surface area contributed by atoms with Crippen LogP contribution in [0.1, 0.15) is 43.8 Å². The van der Waals surface area contributed by atoms with E-state index in [1.807, 2.05) is 0 Å². The van der Waals surface area contributed by atoms with Crippen molar-refractivity contribution in [2.45, 2.75) is 148 Å². The minimum atomic E-state index is -5.15. The van der Waals surface area contributed by atoms with Gasteiger partial charge in [-0.25, -0.2) is 120 Å². The molecule has 0 saturated carbocycles. The molecule has 9 saturated heterocycles. The number of anilines is 3. The van der Waals surface area contributed by atoms with Crippen molar-refractivity contribution in [2.75, 3.05) is 56.8 Å². The minimum Gasteiger partial charge on any atom is -0.382 e. The molecule has 29 atom stereocenters. The molecule has 14 N–H and O–H groups in total. The molecule has 0 aromatic carbocycles. The molecule has 131 heavy (non-hydrogen) atoms. The summed E-state index contributed by atoms with van der Waals surface area (Å²) in [6, 6.07) is 0. The number of thiol groups is 1. The van der Waals surface area contributed by atoms with E-state index in [4.69, 9.17) is 112 Å². The molecule has 71 heteroatoms. The molecule has 21 heterocycles. The minimum absolute atomic E-state index is 0.00384. The number of aromatic amines is 3. The van der Waals surface area contributed by atoms with Gasteiger partial charge < -0.3 is 89.6 Å². The smallest absolute Gasteiger partial charge is 0.382 e. The SMILES string of the molecule is Nc1ncnc2c1ncn2C1C[C@@H]2OP(=O)(O)OCC3OC(n4cnc5c(=O)[nH]cnc54)[C@H](F)[C@@H]3OP(=O)(O)OCC2O1.Nc1ncnc2c1ncn2C1OC2COP(=O)(O)O[C@@H]3C(COP(=O)(O)O[C@H]2[C@H]1F)OC(n1cnc2c(=O)[nH]cnc21)[C@@H]3F.Nc1ncnc2c1ncn2C1OC2COP(O)(=S)O[C@@H]3C(COP(=O)(S)O[C@H]2[C@H]1F)OC(n1cnc2c(=O)[nH]cnc21)[C@@H]3F. The number of nitrogens with zero attached hydrogens (tertiary/aromatic N) is 21. The monoisotopic (exact) mass is 2000 g/mol. The second-order valence-electron chi connectivity index (χ2n) is 29.4. The van der Waals surface area contributed by atoms with E-state index < -0.39 is 243 Å². The van der Waals surface area contributed by atoms with E-state index in [1.165, 1.54) is 28.1 Å². The zero-order valence-electron chi connectivity index (χ0n) is 65.1. The Morgan fingerprint density at radius 3 is 0.969 bits per heavy atom. The van der Waals surface area contributed by atoms with E-state index in [0.29, 0.717) is 5.65 Å². The highest BCUT2D eigenvalue weighted by atomic mass is 32.7. The molecule has 0 amide bonds. The normalized spacial score (nSPS) is 37.9. The highest BCUT2D eigenvalue weighted by molar-refractivity contribution is 8.44. The van der Waals surface area contributed by atoms with Gasteiger partial charge in [0.15, 0.2) is 130 Å². The predicted molar refractivity (Wildman–Crippen MR) is 424 cm³/mol. The van der Waals surface area contributed by atoms with Crippen molar-refractivity contribution in [3.05, 3.63) is 107 Å². The summed E-state index contributed by atoms with van der Waals surface area (Å²) in [5, 5.41) is 0. The summed E-state index contributed by atoms with van der Waals surface area (Å²) < 4.78 is 249. The topological polar surface area (TPSA) is 752 Å². The summed E-state index contributed by atoms with van der Waals surface area (Å²) >= 11 is 9.11. The number of hydrogen-bond acceptors (Lipinski definition) is 45. The van der Waals surface area contributed by atoms with E-state index in [2.05, 4.69) is 102 Å². The van der Waals surface area contributed by atoms with Crippen LogP contribution >= 0.6 is 57.1 Å². The van der Waals surface area contributed by atoms with Gasteiger partial charge in [0.25, 0.3) is 16.7 Å². The third kappa shape index (κ3) is 17.7. The summed E-state index contributed by atoms with van der Waals surface area (Å²) in [4.78, 5) is 156. The van der Waals surface area contributed by atoms with Crippen LogP contribution < -0.4 is 33.9 Å². The standard InChI is InChI=1S/C20H21F2N9O11P2.C20H21F2N9O9P2S2.C20H22FN9O11P2/c21-9-13-7(39-19(9)30-5-28-11-15(23)24-3-25-16(11)30)1-37-44(35,36)42-14-8(2-38-43(33,34)41-13)40-20(10(14)22)31-6-29-12-17(31)26-4-27-18(12)32;21-9-13-7(37-19(9)30-5-28-11-15(23)24-3-25-16(11)30)1-35-42(34,44)40-14-8(2-36-41(33,43)39-13)38-20(10(14)22)31-6-29-12-17(31)26-4-27-18(12)32;21-12-15-10(39-20(12)30-7-28-14-18(30)25-5-26-19(14)31)3-37-42(32,33)40-8-1-11(38-9(8)2-36-43(34,35)41-15)29-6-27-13-16(22)23-4-24-17(13)29/h3-10,13-14,19-20H,1-2H2,(H,33,34)(H,35,36)(H2,23,24,25)(H,26,27,32);3-10,13-14,19-20H,1-2H2,(H,33,43)(H,34,44)(H2,23,24,25)(H,26,27,32);4-12,15,20H,1-3H2,(H,32,33)(H,34,35)(H2,22,23,24)(H,25,26,31)/t7?,8?,9-,10-,13-,14-,19?,20?;7?,8?,9-,10-,13-,14-,19?,20?,41?,42?;8-,9?,10?,11?,12+,15+,20?/m110/s1. The Morgan fingerprint density at radius 1 is 0.344 bits per heavy atom. The summed E-state index contributed by atoms with van der Waals surface area (Å²) in [6.07, 6.45) is -24.4. The van der Waals surface area contributed by atoms with Gasteiger partial charge in [-0.15, -0.1) is 0 Å². The maximum atomic E-state index is 15.9. The number of rotatable bonds is 6. The van der Waals surface area contributed by atoms with Crippen LogP contribution in [-0.2, 0) is 117 Å². The van der Waals surface area contributed by atoms with Crippen molar-refractivity contribution >= 4 is 153 Å². The van der Waals surface area contributed by atoms with Gasteiger partial charge in [-0.2, -0.15) is 0 Å². The third-order valence-electron chi connectivity index (χ3n) is 21.4. The van der Waals surface area contributed by atoms with Crippen LogP contribution in [0.15, 0.2) is 90.3 Å². The molecule has 21 rings (SSSR count). The molecule has 702 valence electrons. The molecule has 0 bridgehead atoms.